The molecule has 0 radical (unpaired) electrons. The van der Waals surface area contributed by atoms with Crippen LogP contribution in [0, 0.1) is 0 Å². The highest BCUT2D eigenvalue weighted by atomic mass is 127. The molecule has 0 aromatic heterocycles. The summed E-state index contributed by atoms with van der Waals surface area (Å²) in [6, 6.07) is 10.7. The van der Waals surface area contributed by atoms with Gasteiger partial charge in [-0.1, -0.05) is 50.3 Å². The summed E-state index contributed by atoms with van der Waals surface area (Å²) in [5.41, 5.74) is 1.26. The number of nitrogens with one attached hydrogen (secondary N) is 2. The summed E-state index contributed by atoms with van der Waals surface area (Å²) in [6.07, 6.45) is 1.77. The molecule has 0 fully saturated rings. The number of carbonyl (C=O) groups excluding carboxylic acids is 1. The van der Waals surface area contributed by atoms with E-state index < -0.39 is 0 Å². The zero-order chi connectivity index (χ0) is 19.4. The molecule has 1 amide bonds. The SMILES string of the molecule is C=CCNC(=NCC(=O)N(C)C)NCC(c1ccccc1)N(CC)CC.I. The average Bonchev–Trinajstić information content (AvgIpc) is 2.66. The highest BCUT2D eigenvalue weighted by Crippen LogP contribution is 2.19. The van der Waals surface area contributed by atoms with Crippen molar-refractivity contribution in [2.75, 3.05) is 46.8 Å². The number of carbonyl (C=O) groups is 1. The van der Waals surface area contributed by atoms with E-state index >= 15 is 0 Å². The van der Waals surface area contributed by atoms with Gasteiger partial charge in [-0.2, -0.15) is 0 Å². The Balaban J connectivity index is 0.00000676. The van der Waals surface area contributed by atoms with Crippen LogP contribution in [0.2, 0.25) is 0 Å². The second-order valence-electron chi connectivity index (χ2n) is 6.15. The lowest BCUT2D eigenvalue weighted by Gasteiger charge is -2.30. The number of halogens is 1. The van der Waals surface area contributed by atoms with Crippen LogP contribution < -0.4 is 10.6 Å². The first kappa shape index (κ1) is 25.4. The fourth-order valence-electron chi connectivity index (χ4n) is 2.62. The molecular weight excluding hydrogens is 453 g/mol. The van der Waals surface area contributed by atoms with E-state index in [-0.39, 0.29) is 42.5 Å². The molecule has 0 saturated carbocycles. The minimum Gasteiger partial charge on any atom is -0.354 e. The van der Waals surface area contributed by atoms with Crippen LogP contribution in [0.3, 0.4) is 0 Å². The lowest BCUT2D eigenvalue weighted by atomic mass is 10.1. The maximum absolute atomic E-state index is 11.8. The molecular formula is C20H34IN5O. The highest BCUT2D eigenvalue weighted by molar-refractivity contribution is 14.0. The van der Waals surface area contributed by atoms with Crippen LogP contribution >= 0.6 is 24.0 Å². The Labute approximate surface area is 181 Å². The third-order valence-electron chi connectivity index (χ3n) is 4.19. The van der Waals surface area contributed by atoms with Gasteiger partial charge < -0.3 is 15.5 Å². The van der Waals surface area contributed by atoms with Crippen molar-refractivity contribution in [3.05, 3.63) is 48.6 Å². The molecule has 0 aliphatic rings. The van der Waals surface area contributed by atoms with Gasteiger partial charge in [0, 0.05) is 27.2 Å². The van der Waals surface area contributed by atoms with Crippen LogP contribution in [0.5, 0.6) is 0 Å². The second kappa shape index (κ2) is 14.4. The van der Waals surface area contributed by atoms with Crippen molar-refractivity contribution in [3.8, 4) is 0 Å². The van der Waals surface area contributed by atoms with E-state index in [4.69, 9.17) is 0 Å². The molecule has 0 spiro atoms. The smallest absolute Gasteiger partial charge is 0.243 e. The molecule has 0 heterocycles. The van der Waals surface area contributed by atoms with E-state index in [1.54, 1.807) is 20.2 Å². The summed E-state index contributed by atoms with van der Waals surface area (Å²) in [5, 5.41) is 6.55. The molecule has 1 rings (SSSR count). The Kier molecular flexibility index (Phi) is 13.6. The van der Waals surface area contributed by atoms with Gasteiger partial charge in [0.25, 0.3) is 0 Å². The minimum absolute atomic E-state index is 0. The number of hydrogen-bond donors (Lipinski definition) is 2. The maximum Gasteiger partial charge on any atom is 0.243 e. The molecule has 6 nitrogen and oxygen atoms in total. The summed E-state index contributed by atoms with van der Waals surface area (Å²) in [5.74, 6) is 0.584. The van der Waals surface area contributed by atoms with Crippen LogP contribution in [0.1, 0.15) is 25.5 Å². The minimum atomic E-state index is -0.0342. The Morgan fingerprint density at radius 1 is 1.19 bits per heavy atom. The van der Waals surface area contributed by atoms with Crippen LogP contribution in [-0.2, 0) is 4.79 Å². The molecule has 1 unspecified atom stereocenters. The number of hydrogen-bond acceptors (Lipinski definition) is 3. The topological polar surface area (TPSA) is 60.0 Å². The second-order valence-corrected chi connectivity index (χ2v) is 6.15. The van der Waals surface area contributed by atoms with E-state index in [1.165, 1.54) is 10.5 Å². The lowest BCUT2D eigenvalue weighted by Crippen LogP contribution is -2.43. The Morgan fingerprint density at radius 3 is 2.33 bits per heavy atom. The van der Waals surface area contributed by atoms with Crippen molar-refractivity contribution in [2.45, 2.75) is 19.9 Å². The van der Waals surface area contributed by atoms with E-state index in [0.717, 1.165) is 13.1 Å². The number of benzene rings is 1. The van der Waals surface area contributed by atoms with Gasteiger partial charge in [-0.15, -0.1) is 30.6 Å². The fourth-order valence-corrected chi connectivity index (χ4v) is 2.62. The quantitative estimate of drug-likeness (QED) is 0.231. The number of guanidine groups is 1. The van der Waals surface area contributed by atoms with Gasteiger partial charge in [-0.05, 0) is 18.7 Å². The first-order valence-corrected chi connectivity index (χ1v) is 9.15. The van der Waals surface area contributed by atoms with Crippen molar-refractivity contribution in [2.24, 2.45) is 4.99 Å². The van der Waals surface area contributed by atoms with Crippen LogP contribution in [0.4, 0.5) is 0 Å². The molecule has 0 bridgehead atoms. The predicted octanol–water partition coefficient (Wildman–Crippen LogP) is 2.50. The Hall–Kier alpha value is -1.61. The van der Waals surface area contributed by atoms with Gasteiger partial charge in [-0.3, -0.25) is 9.69 Å². The Bertz CT molecular complexity index is 573. The molecule has 1 aromatic rings. The van der Waals surface area contributed by atoms with Crippen molar-refractivity contribution in [1.82, 2.24) is 20.4 Å². The van der Waals surface area contributed by atoms with Gasteiger partial charge in [0.1, 0.15) is 6.54 Å². The van der Waals surface area contributed by atoms with Gasteiger partial charge in [0.15, 0.2) is 5.96 Å². The fraction of sp³-hybridized carbons (Fsp3) is 0.500. The molecule has 0 saturated heterocycles. The standard InChI is InChI=1S/C20H33N5O.HI/c1-6-14-21-20(23-16-19(26)24(4)5)22-15-18(25(7-2)8-3)17-12-10-9-11-13-17;/h6,9-13,18H,1,7-8,14-16H2,2-5H3,(H2,21,22,23);1H. The van der Waals surface area contributed by atoms with Crippen molar-refractivity contribution in [3.63, 3.8) is 0 Å². The van der Waals surface area contributed by atoms with Gasteiger partial charge in [-0.25, -0.2) is 4.99 Å². The van der Waals surface area contributed by atoms with Crippen molar-refractivity contribution < 1.29 is 4.79 Å². The number of likely N-dealkylation sites (N-methyl/N-ethyl adjacent to an activating group) is 2. The molecule has 1 aromatic carbocycles. The third kappa shape index (κ3) is 9.23. The monoisotopic (exact) mass is 487 g/mol. The van der Waals surface area contributed by atoms with Crippen molar-refractivity contribution >= 4 is 35.8 Å². The number of rotatable bonds is 10. The highest BCUT2D eigenvalue weighted by Gasteiger charge is 2.18. The summed E-state index contributed by atoms with van der Waals surface area (Å²) >= 11 is 0. The molecule has 27 heavy (non-hydrogen) atoms. The Morgan fingerprint density at radius 2 is 1.81 bits per heavy atom. The molecule has 152 valence electrons. The number of nitrogens with zero attached hydrogens (tertiary/aromatic N) is 3. The lowest BCUT2D eigenvalue weighted by molar-refractivity contribution is -0.127. The van der Waals surface area contributed by atoms with Gasteiger partial charge in [0.05, 0.1) is 6.04 Å². The normalized spacial score (nSPS) is 12.1. The average molecular weight is 487 g/mol. The molecule has 0 aliphatic carbocycles. The van der Waals surface area contributed by atoms with E-state index in [9.17, 15) is 4.79 Å². The number of amides is 1. The van der Waals surface area contributed by atoms with Gasteiger partial charge >= 0.3 is 0 Å². The third-order valence-corrected chi connectivity index (χ3v) is 4.19. The van der Waals surface area contributed by atoms with Crippen LogP contribution in [0.15, 0.2) is 48.0 Å². The van der Waals surface area contributed by atoms with Crippen molar-refractivity contribution in [1.29, 1.82) is 0 Å². The van der Waals surface area contributed by atoms with Crippen LogP contribution in [0.25, 0.3) is 0 Å². The summed E-state index contributed by atoms with van der Waals surface area (Å²) in [7, 11) is 3.46. The summed E-state index contributed by atoms with van der Waals surface area (Å²) < 4.78 is 0. The molecule has 1 atom stereocenters. The summed E-state index contributed by atoms with van der Waals surface area (Å²) in [6.45, 7) is 11.4. The number of aliphatic imine (C=N–C) groups is 1. The predicted molar refractivity (Wildman–Crippen MR) is 125 cm³/mol. The molecule has 2 N–H and O–H groups in total. The first-order valence-electron chi connectivity index (χ1n) is 9.15. The zero-order valence-corrected chi connectivity index (χ0v) is 19.3. The zero-order valence-electron chi connectivity index (χ0n) is 16.9. The molecule has 0 aliphatic heterocycles. The largest absolute Gasteiger partial charge is 0.354 e. The van der Waals surface area contributed by atoms with E-state index in [0.29, 0.717) is 19.0 Å². The molecule has 7 heteroatoms. The maximum atomic E-state index is 11.8. The van der Waals surface area contributed by atoms with Gasteiger partial charge in [0.2, 0.25) is 5.91 Å². The van der Waals surface area contributed by atoms with E-state index in [2.05, 4.69) is 65.2 Å². The summed E-state index contributed by atoms with van der Waals surface area (Å²) in [4.78, 5) is 20.2. The first-order chi connectivity index (χ1) is 12.5. The van der Waals surface area contributed by atoms with E-state index in [1.807, 2.05) is 6.07 Å². The van der Waals surface area contributed by atoms with Crippen LogP contribution in [-0.4, -0.2) is 68.5 Å².